The van der Waals surface area contributed by atoms with Crippen molar-refractivity contribution >= 4 is 29.5 Å². The average molecular weight is 471 g/mol. The monoisotopic (exact) mass is 470 g/mol. The third-order valence-corrected chi connectivity index (χ3v) is 6.69. The van der Waals surface area contributed by atoms with Gasteiger partial charge in [0.15, 0.2) is 5.78 Å². The largest absolute Gasteiger partial charge is 0.480 e. The van der Waals surface area contributed by atoms with E-state index in [9.17, 15) is 19.5 Å². The summed E-state index contributed by atoms with van der Waals surface area (Å²) in [5, 5.41) is 15.6. The lowest BCUT2D eigenvalue weighted by atomic mass is 9.86. The van der Waals surface area contributed by atoms with E-state index in [1.165, 1.54) is 0 Å². The SMILES string of the molecule is CCOC(=O)C(CSCc1ccccc1)N[C@@H](C)C(=O)C1NC(C(=O)O)Cc2ccccc21. The lowest BCUT2D eigenvalue weighted by molar-refractivity contribution is -0.145. The molecule has 33 heavy (non-hydrogen) atoms. The molecule has 4 atom stereocenters. The second kappa shape index (κ2) is 12.0. The normalized spacial score (nSPS) is 19.2. The number of carboxylic acid groups (broad SMARTS) is 1. The van der Waals surface area contributed by atoms with E-state index in [1.54, 1.807) is 25.6 Å². The van der Waals surface area contributed by atoms with E-state index < -0.39 is 36.1 Å². The van der Waals surface area contributed by atoms with Gasteiger partial charge in [-0.15, -0.1) is 0 Å². The minimum Gasteiger partial charge on any atom is -0.480 e. The number of benzene rings is 2. The molecule has 8 heteroatoms. The molecule has 3 N–H and O–H groups in total. The first kappa shape index (κ1) is 25.0. The number of fused-ring (bicyclic) bond motifs is 1. The summed E-state index contributed by atoms with van der Waals surface area (Å²) in [5.74, 6) is -0.436. The quantitative estimate of drug-likeness (QED) is 0.431. The van der Waals surface area contributed by atoms with Crippen molar-refractivity contribution in [1.82, 2.24) is 10.6 Å². The van der Waals surface area contributed by atoms with Crippen LogP contribution in [0.3, 0.4) is 0 Å². The van der Waals surface area contributed by atoms with Gasteiger partial charge in [0.25, 0.3) is 0 Å². The Morgan fingerprint density at radius 2 is 1.85 bits per heavy atom. The number of thioether (sulfide) groups is 1. The fourth-order valence-electron chi connectivity index (χ4n) is 3.90. The molecule has 1 aliphatic rings. The van der Waals surface area contributed by atoms with E-state index in [1.807, 2.05) is 54.6 Å². The Morgan fingerprint density at radius 1 is 1.15 bits per heavy atom. The topological polar surface area (TPSA) is 105 Å². The Hall–Kier alpha value is -2.68. The van der Waals surface area contributed by atoms with Gasteiger partial charge in [0.05, 0.1) is 18.7 Å². The average Bonchev–Trinajstić information content (AvgIpc) is 2.82. The van der Waals surface area contributed by atoms with Gasteiger partial charge in [-0.05, 0) is 37.0 Å². The minimum atomic E-state index is -0.996. The van der Waals surface area contributed by atoms with Gasteiger partial charge >= 0.3 is 11.9 Å². The zero-order chi connectivity index (χ0) is 23.8. The van der Waals surface area contributed by atoms with Crippen molar-refractivity contribution in [3.05, 3.63) is 71.3 Å². The number of ketones is 1. The minimum absolute atomic E-state index is 0.212. The van der Waals surface area contributed by atoms with Gasteiger partial charge in [0.1, 0.15) is 12.1 Å². The number of carboxylic acids is 1. The van der Waals surface area contributed by atoms with Crippen LogP contribution >= 0.6 is 11.8 Å². The molecule has 0 aromatic heterocycles. The number of carbonyl (C=O) groups is 3. The Labute approximate surface area is 198 Å². The van der Waals surface area contributed by atoms with Crippen molar-refractivity contribution in [3.63, 3.8) is 0 Å². The van der Waals surface area contributed by atoms with Crippen LogP contribution < -0.4 is 10.6 Å². The van der Waals surface area contributed by atoms with Crippen molar-refractivity contribution in [2.45, 2.75) is 50.2 Å². The van der Waals surface area contributed by atoms with Crippen LogP contribution in [0.2, 0.25) is 0 Å². The van der Waals surface area contributed by atoms with Crippen molar-refractivity contribution in [1.29, 1.82) is 0 Å². The Kier molecular flexibility index (Phi) is 9.05. The van der Waals surface area contributed by atoms with E-state index in [4.69, 9.17) is 4.74 Å². The van der Waals surface area contributed by atoms with Crippen LogP contribution in [-0.4, -0.2) is 53.3 Å². The fraction of sp³-hybridized carbons (Fsp3) is 0.400. The van der Waals surface area contributed by atoms with E-state index in [0.29, 0.717) is 12.2 Å². The molecular formula is C25H30N2O5S. The first-order valence-electron chi connectivity index (χ1n) is 11.1. The zero-order valence-electron chi connectivity index (χ0n) is 18.8. The van der Waals surface area contributed by atoms with Gasteiger partial charge in [-0.3, -0.25) is 25.0 Å². The summed E-state index contributed by atoms with van der Waals surface area (Å²) < 4.78 is 5.22. The molecule has 176 valence electrons. The van der Waals surface area contributed by atoms with E-state index in [2.05, 4.69) is 10.6 Å². The summed E-state index contributed by atoms with van der Waals surface area (Å²) in [5.41, 5.74) is 2.77. The highest BCUT2D eigenvalue weighted by Crippen LogP contribution is 2.27. The Balaban J connectivity index is 1.69. The third kappa shape index (κ3) is 6.66. The highest BCUT2D eigenvalue weighted by Gasteiger charge is 2.36. The number of carbonyl (C=O) groups excluding carboxylic acids is 2. The molecule has 1 aliphatic heterocycles. The maximum Gasteiger partial charge on any atom is 0.324 e. The van der Waals surface area contributed by atoms with Crippen molar-refractivity contribution in [2.24, 2.45) is 0 Å². The third-order valence-electron chi connectivity index (χ3n) is 5.59. The van der Waals surface area contributed by atoms with E-state index >= 15 is 0 Å². The first-order valence-corrected chi connectivity index (χ1v) is 12.2. The van der Waals surface area contributed by atoms with Gasteiger partial charge in [-0.2, -0.15) is 11.8 Å². The molecule has 0 aliphatic carbocycles. The van der Waals surface area contributed by atoms with Crippen LogP contribution in [0.15, 0.2) is 54.6 Å². The summed E-state index contributed by atoms with van der Waals surface area (Å²) in [6, 6.07) is 14.4. The lowest BCUT2D eigenvalue weighted by Crippen LogP contribution is -2.54. The molecule has 2 aromatic carbocycles. The van der Waals surface area contributed by atoms with Crippen LogP contribution in [-0.2, 0) is 31.3 Å². The number of ether oxygens (including phenoxy) is 1. The summed E-state index contributed by atoms with van der Waals surface area (Å²) in [6.07, 6.45) is 0.318. The van der Waals surface area contributed by atoms with Crippen LogP contribution in [0, 0.1) is 0 Å². The molecule has 7 nitrogen and oxygen atoms in total. The fourth-order valence-corrected chi connectivity index (χ4v) is 4.91. The van der Waals surface area contributed by atoms with Crippen molar-refractivity contribution in [3.8, 4) is 0 Å². The molecular weight excluding hydrogens is 440 g/mol. The number of Topliss-reactive ketones (excluding diaryl/α,β-unsaturated/α-hetero) is 1. The molecule has 3 unspecified atom stereocenters. The number of aliphatic carboxylic acids is 1. The summed E-state index contributed by atoms with van der Waals surface area (Å²) in [6.45, 7) is 3.70. The molecule has 1 heterocycles. The van der Waals surface area contributed by atoms with Gasteiger partial charge in [-0.1, -0.05) is 54.6 Å². The van der Waals surface area contributed by atoms with Gasteiger partial charge in [-0.25, -0.2) is 0 Å². The van der Waals surface area contributed by atoms with Crippen LogP contribution in [0.25, 0.3) is 0 Å². The maximum atomic E-state index is 13.4. The van der Waals surface area contributed by atoms with Gasteiger partial charge in [0, 0.05) is 11.5 Å². The van der Waals surface area contributed by atoms with Crippen LogP contribution in [0.1, 0.15) is 36.6 Å². The predicted molar refractivity (Wildman–Crippen MR) is 128 cm³/mol. The Bertz CT molecular complexity index is 968. The van der Waals surface area contributed by atoms with Crippen molar-refractivity contribution in [2.75, 3.05) is 12.4 Å². The van der Waals surface area contributed by atoms with E-state index in [0.717, 1.165) is 22.4 Å². The summed E-state index contributed by atoms with van der Waals surface area (Å²) >= 11 is 1.58. The highest BCUT2D eigenvalue weighted by molar-refractivity contribution is 7.98. The van der Waals surface area contributed by atoms with Crippen LogP contribution in [0.4, 0.5) is 0 Å². The second-order valence-corrected chi connectivity index (χ2v) is 9.02. The summed E-state index contributed by atoms with van der Waals surface area (Å²) in [7, 11) is 0. The van der Waals surface area contributed by atoms with E-state index in [-0.39, 0.29) is 12.4 Å². The van der Waals surface area contributed by atoms with Crippen LogP contribution in [0.5, 0.6) is 0 Å². The standard InChI is InChI=1S/C25H30N2O5S/c1-3-32-25(31)21(15-33-14-17-9-5-4-6-10-17)26-16(2)23(28)22-19-12-8-7-11-18(19)13-20(27-22)24(29)30/h4-12,16,20-22,26-27H,3,13-15H2,1-2H3,(H,29,30)/t16-,20?,21?,22?/m0/s1. The van der Waals surface area contributed by atoms with Gasteiger partial charge < -0.3 is 9.84 Å². The number of nitrogens with one attached hydrogen (secondary N) is 2. The molecule has 0 saturated heterocycles. The van der Waals surface area contributed by atoms with Gasteiger partial charge in [0.2, 0.25) is 0 Å². The molecule has 0 spiro atoms. The summed E-state index contributed by atoms with van der Waals surface area (Å²) in [4.78, 5) is 37.5. The smallest absolute Gasteiger partial charge is 0.324 e. The lowest BCUT2D eigenvalue weighted by Gasteiger charge is -2.32. The first-order chi connectivity index (χ1) is 15.9. The second-order valence-electron chi connectivity index (χ2n) is 7.99. The van der Waals surface area contributed by atoms with Crippen molar-refractivity contribution < 1.29 is 24.2 Å². The predicted octanol–water partition coefficient (Wildman–Crippen LogP) is 2.74. The molecule has 0 saturated carbocycles. The molecule has 0 fully saturated rings. The number of esters is 1. The molecule has 0 bridgehead atoms. The molecule has 0 amide bonds. The highest BCUT2D eigenvalue weighted by atomic mass is 32.2. The maximum absolute atomic E-state index is 13.4. The molecule has 0 radical (unpaired) electrons. The number of rotatable bonds is 11. The molecule has 3 rings (SSSR count). The molecule has 2 aromatic rings. The Morgan fingerprint density at radius 3 is 2.55 bits per heavy atom. The number of hydrogen-bond acceptors (Lipinski definition) is 7. The number of hydrogen-bond donors (Lipinski definition) is 3. The zero-order valence-corrected chi connectivity index (χ0v) is 19.6.